The number of aryl methyl sites for hydroxylation is 1. The molecule has 8 heteroatoms. The van der Waals surface area contributed by atoms with Crippen LogP contribution >= 0.6 is 0 Å². The number of furan rings is 1. The Bertz CT molecular complexity index is 895. The van der Waals surface area contributed by atoms with Crippen molar-refractivity contribution in [2.75, 3.05) is 44.2 Å². The quantitative estimate of drug-likeness (QED) is 0.726. The van der Waals surface area contributed by atoms with Crippen LogP contribution in [0, 0.1) is 24.7 Å². The van der Waals surface area contributed by atoms with Gasteiger partial charge in [-0.2, -0.15) is 4.36 Å². The van der Waals surface area contributed by atoms with Crippen molar-refractivity contribution in [3.8, 4) is 0 Å². The standard InChI is InChI=1S/C22H33N3O4S/c1-3-8-24-9-4-5-19(13-24)22(27)25-11-17-10-18(12-25)15-30(28,14-17)23-21(26)20-7-6-16(2)29-20/h6-7,17-19H,3-5,8-15H2,1-2H3. The summed E-state index contributed by atoms with van der Waals surface area (Å²) in [6.45, 7) is 8.23. The summed E-state index contributed by atoms with van der Waals surface area (Å²) in [5.74, 6) is 1.70. The Morgan fingerprint density at radius 3 is 2.57 bits per heavy atom. The first kappa shape index (κ1) is 21.6. The molecule has 3 aliphatic heterocycles. The number of fused-ring (bicyclic) bond motifs is 2. The number of likely N-dealkylation sites (tertiary alicyclic amines) is 2. The van der Waals surface area contributed by atoms with Gasteiger partial charge in [-0.3, -0.25) is 9.59 Å². The minimum absolute atomic E-state index is 0.0851. The Balaban J connectivity index is 1.41. The molecule has 166 valence electrons. The maximum Gasteiger partial charge on any atom is 0.320 e. The topological polar surface area (TPSA) is 83.2 Å². The zero-order valence-corrected chi connectivity index (χ0v) is 18.9. The van der Waals surface area contributed by atoms with Gasteiger partial charge in [0.25, 0.3) is 0 Å². The molecule has 0 aliphatic carbocycles. The van der Waals surface area contributed by atoms with E-state index in [0.29, 0.717) is 30.4 Å². The first-order chi connectivity index (χ1) is 14.3. The summed E-state index contributed by atoms with van der Waals surface area (Å²) in [6.07, 6.45) is 4.13. The predicted molar refractivity (Wildman–Crippen MR) is 116 cm³/mol. The summed E-state index contributed by atoms with van der Waals surface area (Å²) in [6, 6.07) is 3.29. The third-order valence-corrected chi connectivity index (χ3v) is 9.01. The molecule has 2 bridgehead atoms. The molecule has 3 aliphatic rings. The molecule has 4 rings (SSSR count). The van der Waals surface area contributed by atoms with Gasteiger partial charge in [0.2, 0.25) is 5.91 Å². The molecule has 2 amide bonds. The number of carbonyl (C=O) groups excluding carboxylic acids is 2. The lowest BCUT2D eigenvalue weighted by Crippen LogP contribution is -2.54. The van der Waals surface area contributed by atoms with Crippen molar-refractivity contribution in [2.45, 2.75) is 39.5 Å². The molecule has 1 aromatic rings. The van der Waals surface area contributed by atoms with Gasteiger partial charge in [0, 0.05) is 31.1 Å². The average Bonchev–Trinajstić information content (AvgIpc) is 3.13. The number of hydrogen-bond acceptors (Lipinski definition) is 5. The van der Waals surface area contributed by atoms with E-state index in [1.165, 1.54) is 0 Å². The molecular weight excluding hydrogens is 402 g/mol. The van der Waals surface area contributed by atoms with E-state index in [4.69, 9.17) is 4.42 Å². The Morgan fingerprint density at radius 2 is 1.93 bits per heavy atom. The molecule has 0 spiro atoms. The van der Waals surface area contributed by atoms with E-state index >= 15 is 0 Å². The zero-order valence-electron chi connectivity index (χ0n) is 18.0. The maximum atomic E-state index is 13.4. The van der Waals surface area contributed by atoms with Gasteiger partial charge < -0.3 is 14.2 Å². The fraction of sp³-hybridized carbons (Fsp3) is 0.727. The van der Waals surface area contributed by atoms with Crippen molar-refractivity contribution in [3.63, 3.8) is 0 Å². The molecular formula is C22H33N3O4S. The van der Waals surface area contributed by atoms with Crippen LogP contribution in [0.5, 0.6) is 0 Å². The third kappa shape index (κ3) is 4.80. The Kier molecular flexibility index (Phi) is 6.34. The van der Waals surface area contributed by atoms with Crippen molar-refractivity contribution >= 4 is 21.5 Å². The number of amides is 2. The van der Waals surface area contributed by atoms with E-state index in [1.807, 2.05) is 4.90 Å². The van der Waals surface area contributed by atoms with Gasteiger partial charge in [-0.25, -0.2) is 4.21 Å². The molecule has 4 heterocycles. The van der Waals surface area contributed by atoms with Crippen LogP contribution < -0.4 is 0 Å². The number of nitrogens with zero attached hydrogens (tertiary/aromatic N) is 3. The molecule has 3 fully saturated rings. The normalized spacial score (nSPS) is 32.1. The van der Waals surface area contributed by atoms with Crippen LogP contribution in [0.2, 0.25) is 0 Å². The van der Waals surface area contributed by atoms with Crippen molar-refractivity contribution in [1.29, 1.82) is 0 Å². The van der Waals surface area contributed by atoms with E-state index in [0.717, 1.165) is 45.3 Å². The zero-order chi connectivity index (χ0) is 21.3. The van der Waals surface area contributed by atoms with Gasteiger partial charge in [-0.05, 0) is 69.7 Å². The Labute approximate surface area is 179 Å². The number of rotatable bonds is 4. The van der Waals surface area contributed by atoms with Gasteiger partial charge in [0.1, 0.15) is 5.76 Å². The molecule has 3 atom stereocenters. The van der Waals surface area contributed by atoms with E-state index in [1.54, 1.807) is 19.1 Å². The molecule has 0 saturated carbocycles. The van der Waals surface area contributed by atoms with Gasteiger partial charge in [-0.15, -0.1) is 0 Å². The van der Waals surface area contributed by atoms with Gasteiger partial charge in [0.05, 0.1) is 15.6 Å². The highest BCUT2D eigenvalue weighted by atomic mass is 32.2. The van der Waals surface area contributed by atoms with E-state index in [2.05, 4.69) is 16.2 Å². The van der Waals surface area contributed by atoms with Crippen LogP contribution in [-0.2, 0) is 14.5 Å². The highest BCUT2D eigenvalue weighted by Crippen LogP contribution is 2.33. The maximum absolute atomic E-state index is 13.4. The SMILES string of the molecule is CCCN1CCCC(C(=O)N2CC3CC(C2)CS(=O)(=NC(=O)c2ccc(C)o2)C3)C1. The minimum Gasteiger partial charge on any atom is -0.456 e. The Hall–Kier alpha value is -1.67. The molecule has 0 aromatic carbocycles. The lowest BCUT2D eigenvalue weighted by atomic mass is 9.89. The first-order valence-electron chi connectivity index (χ1n) is 11.2. The lowest BCUT2D eigenvalue weighted by Gasteiger charge is -2.44. The molecule has 30 heavy (non-hydrogen) atoms. The predicted octanol–water partition coefficient (Wildman–Crippen LogP) is 2.80. The van der Waals surface area contributed by atoms with Gasteiger partial charge in [0.15, 0.2) is 5.76 Å². The summed E-state index contributed by atoms with van der Waals surface area (Å²) in [4.78, 5) is 30.0. The second-order valence-electron chi connectivity index (χ2n) is 9.26. The van der Waals surface area contributed by atoms with Crippen LogP contribution in [0.3, 0.4) is 0 Å². The summed E-state index contributed by atoms with van der Waals surface area (Å²) in [5, 5.41) is 0. The average molecular weight is 436 g/mol. The van der Waals surface area contributed by atoms with Gasteiger partial charge in [-0.1, -0.05) is 6.92 Å². The van der Waals surface area contributed by atoms with Crippen LogP contribution in [0.15, 0.2) is 20.9 Å². The van der Waals surface area contributed by atoms with Crippen LogP contribution in [0.4, 0.5) is 0 Å². The van der Waals surface area contributed by atoms with E-state index in [9.17, 15) is 13.8 Å². The van der Waals surface area contributed by atoms with Crippen LogP contribution in [0.1, 0.15) is 48.9 Å². The Morgan fingerprint density at radius 1 is 1.20 bits per heavy atom. The molecule has 3 unspecified atom stereocenters. The molecule has 3 saturated heterocycles. The fourth-order valence-electron chi connectivity index (χ4n) is 5.40. The third-order valence-electron chi connectivity index (χ3n) is 6.52. The minimum atomic E-state index is -2.61. The van der Waals surface area contributed by atoms with Crippen LogP contribution in [-0.4, -0.2) is 70.1 Å². The molecule has 0 radical (unpaired) electrons. The van der Waals surface area contributed by atoms with E-state index in [-0.39, 0.29) is 29.4 Å². The fourth-order valence-corrected chi connectivity index (χ4v) is 8.03. The number of piperidine rings is 2. The first-order valence-corrected chi connectivity index (χ1v) is 13.0. The molecule has 1 aromatic heterocycles. The van der Waals surface area contributed by atoms with Crippen molar-refractivity contribution in [3.05, 3.63) is 23.7 Å². The number of hydrogen-bond donors (Lipinski definition) is 0. The van der Waals surface area contributed by atoms with Crippen LogP contribution in [0.25, 0.3) is 0 Å². The summed E-state index contributed by atoms with van der Waals surface area (Å²) < 4.78 is 22.8. The second-order valence-corrected chi connectivity index (χ2v) is 11.7. The van der Waals surface area contributed by atoms with Crippen molar-refractivity contribution in [1.82, 2.24) is 9.80 Å². The molecule has 0 N–H and O–H groups in total. The summed E-state index contributed by atoms with van der Waals surface area (Å²) in [7, 11) is -2.61. The monoisotopic (exact) mass is 435 g/mol. The van der Waals surface area contributed by atoms with Gasteiger partial charge >= 0.3 is 5.91 Å². The molecule has 7 nitrogen and oxygen atoms in total. The van der Waals surface area contributed by atoms with E-state index < -0.39 is 15.6 Å². The largest absolute Gasteiger partial charge is 0.456 e. The second kappa shape index (κ2) is 8.83. The lowest BCUT2D eigenvalue weighted by molar-refractivity contribution is -0.140. The smallest absolute Gasteiger partial charge is 0.320 e. The number of carbonyl (C=O) groups is 2. The van der Waals surface area contributed by atoms with Crippen molar-refractivity contribution < 1.29 is 18.2 Å². The summed E-state index contributed by atoms with van der Waals surface area (Å²) >= 11 is 0. The summed E-state index contributed by atoms with van der Waals surface area (Å²) in [5.41, 5.74) is 0. The highest BCUT2D eigenvalue weighted by molar-refractivity contribution is 7.94. The highest BCUT2D eigenvalue weighted by Gasteiger charge is 2.40. The van der Waals surface area contributed by atoms with Crippen molar-refractivity contribution in [2.24, 2.45) is 22.1 Å².